The van der Waals surface area contributed by atoms with E-state index in [1.54, 1.807) is 28.4 Å². The van der Waals surface area contributed by atoms with Gasteiger partial charge in [0.1, 0.15) is 5.75 Å². The third-order valence-corrected chi connectivity index (χ3v) is 8.78. The number of nitriles is 1. The van der Waals surface area contributed by atoms with E-state index in [-0.39, 0.29) is 18.4 Å². The third-order valence-electron chi connectivity index (χ3n) is 8.78. The first-order chi connectivity index (χ1) is 22.0. The fraction of sp³-hybridized carbons (Fsp3) is 0.658. The van der Waals surface area contributed by atoms with Crippen LogP contribution in [0.5, 0.6) is 23.0 Å². The Bertz CT molecular complexity index is 1140. The molecule has 46 heavy (non-hydrogen) atoms. The number of nitrogens with zero attached hydrogens (tertiary/aromatic N) is 3. The predicted octanol–water partition coefficient (Wildman–Crippen LogP) is 10.9. The smallest absolute Gasteiger partial charge is 0.203 e. The minimum Gasteiger partial charge on any atom is -0.494 e. The Hall–Kier alpha value is -2.98. The van der Waals surface area contributed by atoms with Gasteiger partial charge < -0.3 is 18.9 Å². The average molecular weight is 658 g/mol. The summed E-state index contributed by atoms with van der Waals surface area (Å²) in [7, 11) is 6.62. The van der Waals surface area contributed by atoms with Gasteiger partial charge in [-0.2, -0.15) is 15.5 Å². The molecular weight excluding hydrogens is 598 g/mol. The molecule has 0 saturated carbocycles. The van der Waals surface area contributed by atoms with E-state index < -0.39 is 5.41 Å². The van der Waals surface area contributed by atoms with E-state index in [2.05, 4.69) is 35.4 Å². The molecule has 0 heterocycles. The summed E-state index contributed by atoms with van der Waals surface area (Å²) in [5.74, 6) is 2.74. The molecule has 8 heteroatoms. The zero-order valence-electron chi connectivity index (χ0n) is 29.4. The largest absolute Gasteiger partial charge is 0.494 e. The molecule has 7 nitrogen and oxygen atoms in total. The molecule has 0 fully saturated rings. The van der Waals surface area contributed by atoms with Crippen molar-refractivity contribution in [2.45, 2.75) is 128 Å². The van der Waals surface area contributed by atoms with Gasteiger partial charge in [0, 0.05) is 7.05 Å². The topological polar surface area (TPSA) is 85.4 Å². The van der Waals surface area contributed by atoms with Crippen LogP contribution in [-0.4, -0.2) is 41.0 Å². The molecule has 2 rings (SSSR count). The van der Waals surface area contributed by atoms with Gasteiger partial charge >= 0.3 is 0 Å². The van der Waals surface area contributed by atoms with Gasteiger partial charge in [0.2, 0.25) is 5.75 Å². The summed E-state index contributed by atoms with van der Waals surface area (Å²) >= 11 is 0. The lowest BCUT2D eigenvalue weighted by molar-refractivity contribution is 0.323. The molecule has 2 atom stereocenters. The van der Waals surface area contributed by atoms with Gasteiger partial charge in [0.15, 0.2) is 11.5 Å². The van der Waals surface area contributed by atoms with E-state index in [0.717, 1.165) is 61.8 Å². The van der Waals surface area contributed by atoms with Crippen molar-refractivity contribution in [2.75, 3.05) is 35.0 Å². The zero-order chi connectivity index (χ0) is 32.8. The van der Waals surface area contributed by atoms with E-state index in [9.17, 15) is 5.26 Å². The first-order valence-electron chi connectivity index (χ1n) is 17.2. The van der Waals surface area contributed by atoms with Crippen LogP contribution in [0.4, 0.5) is 0 Å². The highest BCUT2D eigenvalue weighted by Crippen LogP contribution is 2.39. The van der Waals surface area contributed by atoms with Crippen LogP contribution in [0.1, 0.15) is 121 Å². The van der Waals surface area contributed by atoms with Crippen molar-refractivity contribution in [3.05, 3.63) is 47.5 Å². The highest BCUT2D eigenvalue weighted by atomic mass is 35.5. The molecule has 2 aromatic rings. The Balaban J connectivity index is 0.0000106. The number of ether oxygens (including phenoxy) is 4. The van der Waals surface area contributed by atoms with Crippen molar-refractivity contribution in [2.24, 2.45) is 10.2 Å². The maximum absolute atomic E-state index is 10.7. The number of rotatable bonds is 25. The minimum absolute atomic E-state index is 0. The summed E-state index contributed by atoms with van der Waals surface area (Å²) < 4.78 is 22.4. The zero-order valence-corrected chi connectivity index (χ0v) is 30.3. The molecule has 0 radical (unpaired) electrons. The lowest BCUT2D eigenvalue weighted by Gasteiger charge is -2.28. The highest BCUT2D eigenvalue weighted by Gasteiger charge is 2.32. The molecule has 0 saturated heterocycles. The molecule has 0 bridgehead atoms. The normalized spacial score (nSPS) is 13.0. The second-order valence-corrected chi connectivity index (χ2v) is 12.0. The van der Waals surface area contributed by atoms with Crippen LogP contribution in [0.25, 0.3) is 0 Å². The Labute approximate surface area is 285 Å². The Morgan fingerprint density at radius 1 is 0.783 bits per heavy atom. The van der Waals surface area contributed by atoms with Gasteiger partial charge in [-0.05, 0) is 80.8 Å². The molecule has 258 valence electrons. The van der Waals surface area contributed by atoms with Crippen molar-refractivity contribution in [1.82, 2.24) is 0 Å². The molecule has 2 unspecified atom stereocenters. The summed E-state index contributed by atoms with van der Waals surface area (Å²) in [5.41, 5.74) is 1.62. The van der Waals surface area contributed by atoms with Crippen LogP contribution in [-0.2, 0) is 11.8 Å². The van der Waals surface area contributed by atoms with E-state index in [1.165, 1.54) is 57.8 Å². The minimum atomic E-state index is -0.544. The summed E-state index contributed by atoms with van der Waals surface area (Å²) in [6.45, 7) is 4.87. The van der Waals surface area contributed by atoms with E-state index >= 15 is 0 Å². The van der Waals surface area contributed by atoms with Gasteiger partial charge in [-0.3, -0.25) is 0 Å². The molecule has 0 aliphatic heterocycles. The first kappa shape index (κ1) is 41.0. The van der Waals surface area contributed by atoms with Crippen LogP contribution in [0.2, 0.25) is 0 Å². The number of unbranched alkanes of at least 4 members (excludes halogenated alkanes) is 9. The number of azo groups is 1. The summed E-state index contributed by atoms with van der Waals surface area (Å²) in [6, 6.07) is 15.0. The summed E-state index contributed by atoms with van der Waals surface area (Å²) in [6.07, 6.45) is 17.9. The molecule has 0 aliphatic carbocycles. The van der Waals surface area contributed by atoms with Gasteiger partial charge in [-0.15, -0.1) is 12.4 Å². The predicted molar refractivity (Wildman–Crippen MR) is 191 cm³/mol. The SMILES string of the molecule is CCCCCCCCCCCCC(C#N)(CCCC(CCc1cc(OC)c(OC)c(OC)c1)/N=N/C)c1cccc(OCC)c1.Cl. The molecule has 0 spiro atoms. The van der Waals surface area contributed by atoms with Crippen molar-refractivity contribution >= 4 is 12.4 Å². The van der Waals surface area contributed by atoms with Crippen molar-refractivity contribution in [3.8, 4) is 29.1 Å². The number of aryl methyl sites for hydroxylation is 1. The summed E-state index contributed by atoms with van der Waals surface area (Å²) in [5, 5.41) is 19.4. The fourth-order valence-electron chi connectivity index (χ4n) is 6.23. The number of methoxy groups -OCH3 is 3. The fourth-order valence-corrected chi connectivity index (χ4v) is 6.23. The number of benzene rings is 2. The first-order valence-corrected chi connectivity index (χ1v) is 17.2. The third kappa shape index (κ3) is 13.8. The van der Waals surface area contributed by atoms with Gasteiger partial charge in [0.25, 0.3) is 0 Å². The standard InChI is InChI=1S/C38H59N3O4.ClH/c1-7-9-10-11-12-13-14-15-16-17-25-38(30-39,32-20-18-22-34(29-32)45-8-2)26-19-21-33(41-40-3)24-23-31-27-35(42-4)37(44-6)36(28-31)43-5;/h18,20,22,27-29,33H,7-17,19,21,23-26H2,1-6H3;1H/b41-40+;. The number of hydrogen-bond acceptors (Lipinski definition) is 7. The van der Waals surface area contributed by atoms with Crippen molar-refractivity contribution in [3.63, 3.8) is 0 Å². The lowest BCUT2D eigenvalue weighted by Crippen LogP contribution is -2.25. The molecular formula is C38H60ClN3O4. The second-order valence-electron chi connectivity index (χ2n) is 12.0. The molecule has 0 aromatic heterocycles. The van der Waals surface area contributed by atoms with E-state index in [4.69, 9.17) is 18.9 Å². The van der Waals surface area contributed by atoms with E-state index in [1.807, 2.05) is 31.2 Å². The maximum Gasteiger partial charge on any atom is 0.203 e. The average Bonchev–Trinajstić information content (AvgIpc) is 3.06. The Morgan fingerprint density at radius 3 is 1.93 bits per heavy atom. The van der Waals surface area contributed by atoms with Gasteiger partial charge in [0.05, 0.1) is 45.5 Å². The molecule has 0 amide bonds. The van der Waals surface area contributed by atoms with Crippen molar-refractivity contribution < 1.29 is 18.9 Å². The van der Waals surface area contributed by atoms with E-state index in [0.29, 0.717) is 23.9 Å². The van der Waals surface area contributed by atoms with Crippen LogP contribution in [0.15, 0.2) is 46.6 Å². The number of hydrogen-bond donors (Lipinski definition) is 0. The number of halogens is 1. The molecule has 2 aromatic carbocycles. The highest BCUT2D eigenvalue weighted by molar-refractivity contribution is 5.85. The Kier molecular flexibility index (Phi) is 21.6. The summed E-state index contributed by atoms with van der Waals surface area (Å²) in [4.78, 5) is 0. The Morgan fingerprint density at radius 2 is 1.39 bits per heavy atom. The molecule has 0 aliphatic rings. The van der Waals surface area contributed by atoms with Crippen LogP contribution in [0.3, 0.4) is 0 Å². The van der Waals surface area contributed by atoms with Crippen LogP contribution >= 0.6 is 12.4 Å². The quantitative estimate of drug-likeness (QED) is 0.0783. The second kappa shape index (κ2) is 24.2. The van der Waals surface area contributed by atoms with Crippen LogP contribution in [0, 0.1) is 11.3 Å². The van der Waals surface area contributed by atoms with Gasteiger partial charge in [-0.25, -0.2) is 0 Å². The van der Waals surface area contributed by atoms with Gasteiger partial charge in [-0.1, -0.05) is 83.3 Å². The monoisotopic (exact) mass is 657 g/mol. The molecule has 0 N–H and O–H groups in total. The van der Waals surface area contributed by atoms with Crippen molar-refractivity contribution in [1.29, 1.82) is 5.26 Å². The maximum atomic E-state index is 10.7. The van der Waals surface area contributed by atoms with Crippen LogP contribution < -0.4 is 18.9 Å². The lowest BCUT2D eigenvalue weighted by atomic mass is 9.73.